The second-order valence-corrected chi connectivity index (χ2v) is 7.43. The molecule has 4 atom stereocenters. The van der Waals surface area contributed by atoms with Gasteiger partial charge in [-0.2, -0.15) is 0 Å². The van der Waals surface area contributed by atoms with Crippen molar-refractivity contribution in [3.8, 4) is 18.1 Å². The highest BCUT2D eigenvalue weighted by Gasteiger charge is 2.51. The zero-order valence-corrected chi connectivity index (χ0v) is 13.6. The van der Waals surface area contributed by atoms with Gasteiger partial charge < -0.3 is 4.74 Å². The number of fused-ring (bicyclic) bond motifs is 5. The van der Waals surface area contributed by atoms with Crippen LogP contribution in [0.2, 0.25) is 0 Å². The summed E-state index contributed by atoms with van der Waals surface area (Å²) in [6.07, 6.45) is 14.3. The molecule has 0 radical (unpaired) electrons. The Morgan fingerprint density at radius 3 is 2.95 bits per heavy atom. The maximum absolute atomic E-state index is 5.77. The van der Waals surface area contributed by atoms with Crippen LogP contribution >= 0.6 is 0 Å². The average molecular weight is 292 g/mol. The maximum atomic E-state index is 5.77. The fourth-order valence-electron chi connectivity index (χ4n) is 5.48. The van der Waals surface area contributed by atoms with Gasteiger partial charge in [0.2, 0.25) is 0 Å². The lowest BCUT2D eigenvalue weighted by Gasteiger charge is -2.49. The minimum atomic E-state index is 0.264. The van der Waals surface area contributed by atoms with Crippen LogP contribution in [0.15, 0.2) is 29.8 Å². The van der Waals surface area contributed by atoms with Crippen molar-refractivity contribution in [3.63, 3.8) is 0 Å². The third-order valence-corrected chi connectivity index (χ3v) is 6.67. The van der Waals surface area contributed by atoms with Crippen LogP contribution in [0.3, 0.4) is 0 Å². The van der Waals surface area contributed by atoms with Gasteiger partial charge in [0.25, 0.3) is 0 Å². The van der Waals surface area contributed by atoms with Gasteiger partial charge in [-0.05, 0) is 73.1 Å². The van der Waals surface area contributed by atoms with Gasteiger partial charge in [0.15, 0.2) is 0 Å². The van der Waals surface area contributed by atoms with Gasteiger partial charge in [0, 0.05) is 11.0 Å². The number of terminal acetylenes is 1. The molecule has 0 spiro atoms. The Kier molecular flexibility index (Phi) is 3.12. The molecule has 0 saturated heterocycles. The van der Waals surface area contributed by atoms with Crippen LogP contribution in [-0.2, 0) is 6.42 Å². The van der Waals surface area contributed by atoms with Crippen molar-refractivity contribution in [3.05, 3.63) is 41.0 Å². The van der Waals surface area contributed by atoms with Crippen LogP contribution < -0.4 is 4.74 Å². The molecule has 0 aromatic heterocycles. The molecule has 114 valence electrons. The van der Waals surface area contributed by atoms with E-state index in [1.54, 1.807) is 12.7 Å². The molecular formula is C21H24O. The van der Waals surface area contributed by atoms with Gasteiger partial charge in [0.1, 0.15) is 5.75 Å². The van der Waals surface area contributed by atoms with Crippen molar-refractivity contribution < 1.29 is 4.74 Å². The van der Waals surface area contributed by atoms with Crippen molar-refractivity contribution in [1.29, 1.82) is 0 Å². The molecule has 4 unspecified atom stereocenters. The summed E-state index contributed by atoms with van der Waals surface area (Å²) in [6.45, 7) is 2.41. The molecule has 0 N–H and O–H groups in total. The summed E-state index contributed by atoms with van der Waals surface area (Å²) in [7, 11) is 1.75. The Morgan fingerprint density at radius 2 is 2.18 bits per heavy atom. The fourth-order valence-corrected chi connectivity index (χ4v) is 5.48. The zero-order valence-electron chi connectivity index (χ0n) is 13.6. The lowest BCUT2D eigenvalue weighted by Crippen LogP contribution is -2.41. The summed E-state index contributed by atoms with van der Waals surface area (Å²) in [4.78, 5) is 0. The Morgan fingerprint density at radius 1 is 1.32 bits per heavy atom. The van der Waals surface area contributed by atoms with E-state index in [4.69, 9.17) is 11.2 Å². The molecule has 22 heavy (non-hydrogen) atoms. The van der Waals surface area contributed by atoms with Gasteiger partial charge in [-0.3, -0.25) is 0 Å². The molecule has 1 nitrogen and oxygen atoms in total. The third kappa shape index (κ3) is 1.80. The van der Waals surface area contributed by atoms with Crippen molar-refractivity contribution in [2.24, 2.45) is 17.3 Å². The van der Waals surface area contributed by atoms with Gasteiger partial charge in [-0.25, -0.2) is 0 Å². The van der Waals surface area contributed by atoms with Crippen LogP contribution in [0.5, 0.6) is 5.75 Å². The first-order valence-corrected chi connectivity index (χ1v) is 8.51. The molecule has 0 bridgehead atoms. The van der Waals surface area contributed by atoms with Crippen LogP contribution in [0.25, 0.3) is 0 Å². The number of benzene rings is 1. The van der Waals surface area contributed by atoms with Gasteiger partial charge >= 0.3 is 0 Å². The quantitative estimate of drug-likeness (QED) is 0.680. The minimum Gasteiger partial charge on any atom is -0.497 e. The second kappa shape index (κ2) is 4.92. The molecule has 4 rings (SSSR count). The highest BCUT2D eigenvalue weighted by molar-refractivity contribution is 5.43. The van der Waals surface area contributed by atoms with E-state index in [0.29, 0.717) is 0 Å². The summed E-state index contributed by atoms with van der Waals surface area (Å²) in [5.74, 6) is 6.23. The highest BCUT2D eigenvalue weighted by atomic mass is 16.5. The van der Waals surface area contributed by atoms with Crippen LogP contribution in [0.1, 0.15) is 49.7 Å². The van der Waals surface area contributed by atoms with Crippen molar-refractivity contribution >= 4 is 0 Å². The summed E-state index contributed by atoms with van der Waals surface area (Å²) in [5, 5.41) is 0. The summed E-state index contributed by atoms with van der Waals surface area (Å²) >= 11 is 0. The first kappa shape index (κ1) is 13.9. The molecule has 3 aliphatic rings. The fraction of sp³-hybridized carbons (Fsp3) is 0.524. The third-order valence-electron chi connectivity index (χ3n) is 6.67. The number of ether oxygens (including phenoxy) is 1. The monoisotopic (exact) mass is 292 g/mol. The average Bonchev–Trinajstić information content (AvgIpc) is 2.90. The predicted octanol–water partition coefficient (Wildman–Crippen LogP) is 4.72. The Balaban J connectivity index is 1.69. The smallest absolute Gasteiger partial charge is 0.119 e. The van der Waals surface area contributed by atoms with E-state index in [-0.39, 0.29) is 5.41 Å². The lowest BCUT2D eigenvalue weighted by atomic mass is 9.54. The number of hydrogen-bond acceptors (Lipinski definition) is 1. The van der Waals surface area contributed by atoms with Gasteiger partial charge in [-0.15, -0.1) is 6.42 Å². The molecular weight excluding hydrogens is 268 g/mol. The van der Waals surface area contributed by atoms with Crippen molar-refractivity contribution in [2.45, 2.75) is 44.9 Å². The second-order valence-electron chi connectivity index (χ2n) is 7.43. The number of methoxy groups -OCH3 is 1. The summed E-state index contributed by atoms with van der Waals surface area (Å²) in [6, 6.07) is 6.70. The predicted molar refractivity (Wildman–Crippen MR) is 89.9 cm³/mol. The van der Waals surface area contributed by atoms with Crippen LogP contribution in [0, 0.1) is 29.6 Å². The van der Waals surface area contributed by atoms with E-state index in [1.807, 2.05) is 0 Å². The molecule has 0 amide bonds. The number of aryl methyl sites for hydroxylation is 1. The first-order valence-electron chi connectivity index (χ1n) is 8.51. The highest BCUT2D eigenvalue weighted by Crippen LogP contribution is 2.60. The Hall–Kier alpha value is -1.68. The molecule has 1 aromatic rings. The topological polar surface area (TPSA) is 9.23 Å². The zero-order chi connectivity index (χ0) is 15.3. The SMILES string of the molecule is C#CC1=CCC2C3CCc4cc(OC)ccc4C3CCC12C. The van der Waals surface area contributed by atoms with E-state index in [1.165, 1.54) is 43.2 Å². The lowest BCUT2D eigenvalue weighted by molar-refractivity contribution is 0.0781. The van der Waals surface area contributed by atoms with Crippen LogP contribution in [-0.4, -0.2) is 7.11 Å². The molecule has 3 aliphatic carbocycles. The van der Waals surface area contributed by atoms with Crippen molar-refractivity contribution in [1.82, 2.24) is 0 Å². The molecule has 1 aromatic carbocycles. The summed E-state index contributed by atoms with van der Waals surface area (Å²) < 4.78 is 5.40. The number of hydrogen-bond donors (Lipinski definition) is 0. The molecule has 1 saturated carbocycles. The first-order chi connectivity index (χ1) is 10.7. The van der Waals surface area contributed by atoms with Gasteiger partial charge in [-0.1, -0.05) is 25.0 Å². The Bertz CT molecular complexity index is 678. The van der Waals surface area contributed by atoms with E-state index >= 15 is 0 Å². The molecule has 1 heteroatoms. The van der Waals surface area contributed by atoms with Gasteiger partial charge in [0.05, 0.1) is 7.11 Å². The Labute approximate surface area is 133 Å². The normalized spacial score (nSPS) is 35.7. The van der Waals surface area contributed by atoms with E-state index < -0.39 is 0 Å². The number of allylic oxidation sites excluding steroid dienone is 2. The standard InChI is InChI=1S/C21H24O/c1-4-15-6-10-20-19-8-5-14-13-16(22-3)7-9-17(14)18(19)11-12-21(15,20)2/h1,6-7,9,13,18-20H,5,8,10-12H2,2-3H3. The van der Waals surface area contributed by atoms with Crippen LogP contribution in [0.4, 0.5) is 0 Å². The molecule has 0 heterocycles. The van der Waals surface area contributed by atoms with Crippen molar-refractivity contribution in [2.75, 3.05) is 7.11 Å². The largest absolute Gasteiger partial charge is 0.497 e. The van der Waals surface area contributed by atoms with E-state index in [9.17, 15) is 0 Å². The summed E-state index contributed by atoms with van der Waals surface area (Å²) in [5.41, 5.74) is 4.62. The number of rotatable bonds is 1. The minimum absolute atomic E-state index is 0.264. The van der Waals surface area contributed by atoms with E-state index in [2.05, 4.69) is 37.1 Å². The van der Waals surface area contributed by atoms with E-state index in [0.717, 1.165) is 23.5 Å². The molecule has 1 fully saturated rings. The maximum Gasteiger partial charge on any atom is 0.119 e. The molecule has 0 aliphatic heterocycles.